The smallest absolute Gasteiger partial charge is 0.406 e. The Labute approximate surface area is 325 Å². The maximum Gasteiger partial charge on any atom is 0.573 e. The van der Waals surface area contributed by atoms with Crippen molar-refractivity contribution < 1.29 is 35.8 Å². The molecule has 0 aliphatic carbocycles. The Morgan fingerprint density at radius 1 is 0.621 bits per heavy atom. The number of nitrogens with zero attached hydrogens (tertiary/aromatic N) is 8. The van der Waals surface area contributed by atoms with E-state index in [4.69, 9.17) is 0 Å². The van der Waals surface area contributed by atoms with E-state index in [2.05, 4.69) is 50.0 Å². The number of aryl methyl sites for hydroxylation is 2. The molecule has 0 fully saturated rings. The molecule has 0 amide bonds. The molecule has 58 heavy (non-hydrogen) atoms. The van der Waals surface area contributed by atoms with Crippen molar-refractivity contribution in [3.05, 3.63) is 116 Å². The van der Waals surface area contributed by atoms with Crippen LogP contribution in [0.1, 0.15) is 73.7 Å². The van der Waals surface area contributed by atoms with E-state index in [-0.39, 0.29) is 22.6 Å². The third-order valence-electron chi connectivity index (χ3n) is 10.2. The lowest BCUT2D eigenvalue weighted by Gasteiger charge is -2.35. The standard InChI is InChI=1S/2C19H18F3N5O2/c2*1-11-23-14(10-16(28)24-11)17-15-4-3-9-18(2,27(15)26-25-17)12-5-7-13(8-6-12)29-19(20,21)22/h2*5-8,10H,3-4,9H2,1-2H3,(H,23,24,28)/t2*18-/m10/s1. The van der Waals surface area contributed by atoms with E-state index < -0.39 is 23.8 Å². The maximum absolute atomic E-state index is 12.4. The summed E-state index contributed by atoms with van der Waals surface area (Å²) in [5.74, 6) is 0.410. The second-order valence-electron chi connectivity index (χ2n) is 14.4. The van der Waals surface area contributed by atoms with E-state index in [0.717, 1.165) is 48.2 Å². The number of ether oxygens (including phenoxy) is 2. The largest absolute Gasteiger partial charge is 0.573 e. The van der Waals surface area contributed by atoms with Gasteiger partial charge in [0.2, 0.25) is 0 Å². The summed E-state index contributed by atoms with van der Waals surface area (Å²) in [5.41, 5.74) is 3.52. The SMILES string of the molecule is Cc1nc(-c2nnn3c2CCC[C@@]3(C)c2ccc(OC(F)(F)F)cc2)cc(=O)[nH]1.Cc1nc(-c2nnn3c2CCC[C@]3(C)c2ccc(OC(F)(F)F)cc2)cc(=O)[nH]1. The van der Waals surface area contributed by atoms with Gasteiger partial charge in [-0.05, 0) is 102 Å². The minimum absolute atomic E-state index is 0.270. The van der Waals surface area contributed by atoms with Gasteiger partial charge in [-0.1, -0.05) is 34.7 Å². The van der Waals surface area contributed by atoms with E-state index in [0.29, 0.717) is 47.3 Å². The lowest BCUT2D eigenvalue weighted by atomic mass is 9.83. The Bertz CT molecular complexity index is 2390. The Hall–Kier alpha value is -6.34. The number of benzene rings is 2. The molecule has 0 spiro atoms. The zero-order valence-corrected chi connectivity index (χ0v) is 31.5. The molecule has 2 aromatic carbocycles. The van der Waals surface area contributed by atoms with Gasteiger partial charge in [0, 0.05) is 12.1 Å². The fourth-order valence-corrected chi connectivity index (χ4v) is 7.62. The highest BCUT2D eigenvalue weighted by Gasteiger charge is 2.39. The lowest BCUT2D eigenvalue weighted by Crippen LogP contribution is -2.37. The molecule has 0 bridgehead atoms. The zero-order chi connectivity index (χ0) is 41.6. The van der Waals surface area contributed by atoms with Crippen LogP contribution >= 0.6 is 0 Å². The summed E-state index contributed by atoms with van der Waals surface area (Å²) in [6, 6.07) is 14.4. The zero-order valence-electron chi connectivity index (χ0n) is 31.5. The Morgan fingerprint density at radius 2 is 0.983 bits per heavy atom. The van der Waals surface area contributed by atoms with Crippen molar-refractivity contribution in [3.63, 3.8) is 0 Å². The minimum Gasteiger partial charge on any atom is -0.406 e. The van der Waals surface area contributed by atoms with Crippen LogP contribution in [0.4, 0.5) is 26.3 Å². The van der Waals surface area contributed by atoms with Crippen LogP contribution in [0.3, 0.4) is 0 Å². The van der Waals surface area contributed by atoms with Crippen LogP contribution in [0.2, 0.25) is 0 Å². The van der Waals surface area contributed by atoms with Gasteiger partial charge >= 0.3 is 12.7 Å². The number of halogens is 6. The third-order valence-corrected chi connectivity index (χ3v) is 10.2. The molecule has 2 aliphatic rings. The van der Waals surface area contributed by atoms with E-state index in [9.17, 15) is 35.9 Å². The number of rotatable bonds is 6. The number of aromatic amines is 2. The lowest BCUT2D eigenvalue weighted by molar-refractivity contribution is -0.275. The van der Waals surface area contributed by atoms with Gasteiger partial charge in [0.05, 0.1) is 22.5 Å². The van der Waals surface area contributed by atoms with Crippen molar-refractivity contribution in [2.45, 2.75) is 90.0 Å². The van der Waals surface area contributed by atoms with Crippen molar-refractivity contribution >= 4 is 0 Å². The van der Waals surface area contributed by atoms with Gasteiger partial charge in [-0.25, -0.2) is 19.3 Å². The summed E-state index contributed by atoms with van der Waals surface area (Å²) in [7, 11) is 0. The normalized spacial score (nSPS) is 19.1. The number of hydrogen-bond acceptors (Lipinski definition) is 10. The quantitative estimate of drug-likeness (QED) is 0.173. The molecule has 2 atom stereocenters. The first-order valence-corrected chi connectivity index (χ1v) is 18.1. The second kappa shape index (κ2) is 14.9. The van der Waals surface area contributed by atoms with E-state index >= 15 is 0 Å². The summed E-state index contributed by atoms with van der Waals surface area (Å²) in [4.78, 5) is 37.5. The number of fused-ring (bicyclic) bond motifs is 2. The molecule has 2 N–H and O–H groups in total. The summed E-state index contributed by atoms with van der Waals surface area (Å²) in [6.07, 6.45) is -4.90. The molecule has 0 unspecified atom stereocenters. The van der Waals surface area contributed by atoms with Gasteiger partial charge in [0.15, 0.2) is 0 Å². The van der Waals surface area contributed by atoms with Crippen LogP contribution < -0.4 is 20.6 Å². The number of nitrogens with one attached hydrogen (secondary N) is 2. The molecular formula is C38H36F6N10O4. The maximum atomic E-state index is 12.4. The van der Waals surface area contributed by atoms with Crippen LogP contribution in [0, 0.1) is 13.8 Å². The summed E-state index contributed by atoms with van der Waals surface area (Å²) >= 11 is 0. The van der Waals surface area contributed by atoms with Crippen LogP contribution in [0.25, 0.3) is 22.8 Å². The molecule has 20 heteroatoms. The average Bonchev–Trinajstić information content (AvgIpc) is 3.77. The van der Waals surface area contributed by atoms with Gasteiger partial charge in [-0.3, -0.25) is 9.59 Å². The molecule has 4 aromatic heterocycles. The van der Waals surface area contributed by atoms with Crippen LogP contribution in [0.15, 0.2) is 70.3 Å². The molecule has 304 valence electrons. The fraction of sp³-hybridized carbons (Fsp3) is 0.368. The minimum atomic E-state index is -4.73. The molecule has 6 aromatic rings. The highest BCUT2D eigenvalue weighted by Crippen LogP contribution is 2.41. The molecule has 2 aliphatic heterocycles. The molecule has 0 radical (unpaired) electrons. The van der Waals surface area contributed by atoms with E-state index in [1.807, 2.05) is 13.8 Å². The van der Waals surface area contributed by atoms with Gasteiger partial charge in [-0.2, -0.15) is 0 Å². The Morgan fingerprint density at radius 3 is 1.31 bits per heavy atom. The first kappa shape index (κ1) is 39.9. The average molecular weight is 811 g/mol. The summed E-state index contributed by atoms with van der Waals surface area (Å²) in [5, 5.41) is 17.1. The molecule has 6 heterocycles. The second-order valence-corrected chi connectivity index (χ2v) is 14.4. The van der Waals surface area contributed by atoms with Gasteiger partial charge in [0.1, 0.15) is 45.9 Å². The Balaban J connectivity index is 0.000000177. The van der Waals surface area contributed by atoms with E-state index in [1.165, 1.54) is 36.4 Å². The van der Waals surface area contributed by atoms with Crippen LogP contribution in [-0.2, 0) is 23.9 Å². The number of aromatic nitrogens is 10. The van der Waals surface area contributed by atoms with Crippen molar-refractivity contribution in [1.29, 1.82) is 0 Å². The number of alkyl halides is 6. The van der Waals surface area contributed by atoms with Crippen LogP contribution in [0.5, 0.6) is 11.5 Å². The monoisotopic (exact) mass is 810 g/mol. The number of hydrogen-bond donors (Lipinski definition) is 2. The molecular weight excluding hydrogens is 774 g/mol. The molecule has 0 saturated carbocycles. The topological polar surface area (TPSA) is 171 Å². The molecule has 14 nitrogen and oxygen atoms in total. The third kappa shape index (κ3) is 8.21. The first-order chi connectivity index (χ1) is 27.3. The van der Waals surface area contributed by atoms with Crippen molar-refractivity contribution in [3.8, 4) is 34.3 Å². The highest BCUT2D eigenvalue weighted by molar-refractivity contribution is 5.58. The van der Waals surface area contributed by atoms with Crippen molar-refractivity contribution in [2.75, 3.05) is 0 Å². The predicted octanol–water partition coefficient (Wildman–Crippen LogP) is 6.67. The van der Waals surface area contributed by atoms with Gasteiger partial charge < -0.3 is 19.4 Å². The first-order valence-electron chi connectivity index (χ1n) is 18.1. The van der Waals surface area contributed by atoms with Gasteiger partial charge in [-0.15, -0.1) is 36.5 Å². The summed E-state index contributed by atoms with van der Waals surface area (Å²) in [6.45, 7) is 7.31. The van der Waals surface area contributed by atoms with Crippen molar-refractivity contribution in [2.24, 2.45) is 0 Å². The van der Waals surface area contributed by atoms with E-state index in [1.54, 1.807) is 47.5 Å². The number of H-pyrrole nitrogens is 2. The molecule has 0 saturated heterocycles. The van der Waals surface area contributed by atoms with Gasteiger partial charge in [0.25, 0.3) is 11.1 Å². The Kier molecular flexibility index (Phi) is 10.2. The van der Waals surface area contributed by atoms with Crippen LogP contribution in [-0.4, -0.2) is 62.6 Å². The highest BCUT2D eigenvalue weighted by atomic mass is 19.4. The molecule has 8 rings (SSSR count). The predicted molar refractivity (Wildman–Crippen MR) is 195 cm³/mol. The van der Waals surface area contributed by atoms with Crippen molar-refractivity contribution in [1.82, 2.24) is 49.9 Å². The fourth-order valence-electron chi connectivity index (χ4n) is 7.62. The summed E-state index contributed by atoms with van der Waals surface area (Å²) < 4.78 is 86.0.